The predicted octanol–water partition coefficient (Wildman–Crippen LogP) is 0.473. The topological polar surface area (TPSA) is 46.5 Å². The molecule has 58 valence electrons. The second-order valence-electron chi connectivity index (χ2n) is 1.52. The SMILES string of the molecule is O=C(Br)COCC=CCO. The first-order chi connectivity index (χ1) is 4.77. The molecule has 4 heteroatoms. The average molecular weight is 209 g/mol. The molecule has 0 fully saturated rings. The molecule has 0 aromatic heterocycles. The van der Waals surface area contributed by atoms with E-state index in [1.54, 1.807) is 12.2 Å². The van der Waals surface area contributed by atoms with Gasteiger partial charge in [-0.3, -0.25) is 4.79 Å². The van der Waals surface area contributed by atoms with Crippen molar-refractivity contribution in [3.8, 4) is 0 Å². The maximum atomic E-state index is 10.2. The largest absolute Gasteiger partial charge is 0.392 e. The lowest BCUT2D eigenvalue weighted by atomic mass is 10.5. The van der Waals surface area contributed by atoms with Crippen LogP contribution in [0.2, 0.25) is 0 Å². The van der Waals surface area contributed by atoms with Crippen molar-refractivity contribution in [3.05, 3.63) is 12.2 Å². The van der Waals surface area contributed by atoms with E-state index in [0.29, 0.717) is 6.61 Å². The molecule has 0 spiro atoms. The normalized spacial score (nSPS) is 10.6. The predicted molar refractivity (Wildman–Crippen MR) is 41.0 cm³/mol. The van der Waals surface area contributed by atoms with Gasteiger partial charge in [0.25, 0.3) is 0 Å². The van der Waals surface area contributed by atoms with Crippen molar-refractivity contribution < 1.29 is 14.6 Å². The number of aliphatic hydroxyl groups excluding tert-OH is 1. The molecular formula is C6H9BrO3. The molecule has 0 aromatic carbocycles. The van der Waals surface area contributed by atoms with E-state index in [-0.39, 0.29) is 17.9 Å². The van der Waals surface area contributed by atoms with Crippen LogP contribution in [0.15, 0.2) is 12.2 Å². The first-order valence-electron chi connectivity index (χ1n) is 2.79. The van der Waals surface area contributed by atoms with E-state index in [0.717, 1.165) is 0 Å². The summed E-state index contributed by atoms with van der Waals surface area (Å²) in [6, 6.07) is 0. The van der Waals surface area contributed by atoms with Gasteiger partial charge in [-0.2, -0.15) is 0 Å². The maximum Gasteiger partial charge on any atom is 0.223 e. The molecule has 1 N–H and O–H groups in total. The Hall–Kier alpha value is -0.190. The lowest BCUT2D eigenvalue weighted by molar-refractivity contribution is -0.114. The number of carbonyl (C=O) groups excluding carboxylic acids is 1. The molecule has 10 heavy (non-hydrogen) atoms. The Labute approximate surface area is 67.8 Å². The Morgan fingerprint density at radius 2 is 2.30 bits per heavy atom. The summed E-state index contributed by atoms with van der Waals surface area (Å²) in [6.07, 6.45) is 3.20. The molecule has 0 radical (unpaired) electrons. The van der Waals surface area contributed by atoms with Crippen molar-refractivity contribution in [3.63, 3.8) is 0 Å². The Kier molecular flexibility index (Phi) is 6.79. The van der Waals surface area contributed by atoms with Crippen molar-refractivity contribution in [2.24, 2.45) is 0 Å². The average Bonchev–Trinajstić information content (AvgIpc) is 1.87. The number of hydrogen-bond acceptors (Lipinski definition) is 3. The van der Waals surface area contributed by atoms with Crippen molar-refractivity contribution >= 4 is 20.6 Å². The van der Waals surface area contributed by atoms with E-state index in [9.17, 15) is 4.79 Å². The molecule has 0 rings (SSSR count). The monoisotopic (exact) mass is 208 g/mol. The highest BCUT2D eigenvalue weighted by Gasteiger charge is 1.90. The van der Waals surface area contributed by atoms with Crippen molar-refractivity contribution in [2.45, 2.75) is 0 Å². The fraction of sp³-hybridized carbons (Fsp3) is 0.500. The number of ether oxygens (including phenoxy) is 1. The minimum Gasteiger partial charge on any atom is -0.392 e. The van der Waals surface area contributed by atoms with Crippen LogP contribution >= 0.6 is 15.9 Å². The number of halogens is 1. The van der Waals surface area contributed by atoms with Crippen LogP contribution < -0.4 is 0 Å². The quantitative estimate of drug-likeness (QED) is 0.406. The summed E-state index contributed by atoms with van der Waals surface area (Å²) in [5.74, 6) is 0. The lowest BCUT2D eigenvalue weighted by Gasteiger charge is -1.92. The highest BCUT2D eigenvalue weighted by atomic mass is 79.9. The van der Waals surface area contributed by atoms with Crippen LogP contribution in [-0.4, -0.2) is 29.6 Å². The molecule has 0 atom stereocenters. The van der Waals surface area contributed by atoms with E-state index in [2.05, 4.69) is 15.9 Å². The summed E-state index contributed by atoms with van der Waals surface area (Å²) in [5.41, 5.74) is 0. The smallest absolute Gasteiger partial charge is 0.223 e. The van der Waals surface area contributed by atoms with E-state index >= 15 is 0 Å². The Bertz CT molecular complexity index is 122. The molecule has 0 aromatic rings. The van der Waals surface area contributed by atoms with Gasteiger partial charge in [0.2, 0.25) is 4.69 Å². The minimum atomic E-state index is -0.176. The number of carbonyl (C=O) groups is 1. The van der Waals surface area contributed by atoms with Crippen LogP contribution in [0.1, 0.15) is 0 Å². The highest BCUT2D eigenvalue weighted by molar-refractivity contribution is 9.18. The first kappa shape index (κ1) is 9.81. The zero-order valence-electron chi connectivity index (χ0n) is 5.42. The first-order valence-corrected chi connectivity index (χ1v) is 3.58. The molecule has 0 bridgehead atoms. The molecule has 0 amide bonds. The van der Waals surface area contributed by atoms with Gasteiger partial charge >= 0.3 is 0 Å². The molecular weight excluding hydrogens is 200 g/mol. The van der Waals surface area contributed by atoms with E-state index < -0.39 is 0 Å². The second-order valence-corrected chi connectivity index (χ2v) is 2.41. The lowest BCUT2D eigenvalue weighted by Crippen LogP contribution is -2.00. The third kappa shape index (κ3) is 7.81. The molecule has 0 unspecified atom stereocenters. The van der Waals surface area contributed by atoms with Gasteiger partial charge in [-0.15, -0.1) is 0 Å². The number of rotatable bonds is 5. The zero-order valence-corrected chi connectivity index (χ0v) is 7.00. The molecule has 0 aliphatic rings. The second kappa shape index (κ2) is 6.92. The minimum absolute atomic E-state index is 0.00557. The van der Waals surface area contributed by atoms with Crippen molar-refractivity contribution in [2.75, 3.05) is 19.8 Å². The van der Waals surface area contributed by atoms with Crippen LogP contribution in [0.25, 0.3) is 0 Å². The summed E-state index contributed by atoms with van der Waals surface area (Å²) >= 11 is 2.71. The van der Waals surface area contributed by atoms with Crippen LogP contribution in [0, 0.1) is 0 Å². The Balaban J connectivity index is 3.05. The number of hydrogen-bond donors (Lipinski definition) is 1. The van der Waals surface area contributed by atoms with Gasteiger partial charge in [0.1, 0.15) is 6.61 Å². The van der Waals surface area contributed by atoms with Gasteiger partial charge < -0.3 is 9.84 Å². The fourth-order valence-corrected chi connectivity index (χ4v) is 0.512. The van der Waals surface area contributed by atoms with Gasteiger partial charge in [0, 0.05) is 0 Å². The highest BCUT2D eigenvalue weighted by Crippen LogP contribution is 1.85. The van der Waals surface area contributed by atoms with Crippen LogP contribution in [-0.2, 0) is 9.53 Å². The van der Waals surface area contributed by atoms with Crippen LogP contribution in [0.3, 0.4) is 0 Å². The Morgan fingerprint density at radius 3 is 2.80 bits per heavy atom. The molecule has 0 saturated carbocycles. The van der Waals surface area contributed by atoms with Crippen LogP contribution in [0.5, 0.6) is 0 Å². The van der Waals surface area contributed by atoms with Gasteiger partial charge in [0.05, 0.1) is 13.2 Å². The number of aliphatic hydroxyl groups is 1. The molecule has 0 aliphatic carbocycles. The molecule has 0 aliphatic heterocycles. The molecule has 0 saturated heterocycles. The van der Waals surface area contributed by atoms with E-state index in [1.807, 2.05) is 0 Å². The van der Waals surface area contributed by atoms with Crippen LogP contribution in [0.4, 0.5) is 0 Å². The Morgan fingerprint density at radius 1 is 1.60 bits per heavy atom. The fourth-order valence-electron chi connectivity index (χ4n) is 0.350. The van der Waals surface area contributed by atoms with E-state index in [4.69, 9.17) is 9.84 Å². The van der Waals surface area contributed by atoms with E-state index in [1.165, 1.54) is 0 Å². The van der Waals surface area contributed by atoms with Gasteiger partial charge in [-0.05, 0) is 15.9 Å². The van der Waals surface area contributed by atoms with Gasteiger partial charge in [-0.25, -0.2) is 0 Å². The van der Waals surface area contributed by atoms with Gasteiger partial charge in [-0.1, -0.05) is 12.2 Å². The molecule has 0 heterocycles. The third-order valence-electron chi connectivity index (χ3n) is 0.702. The van der Waals surface area contributed by atoms with Crippen molar-refractivity contribution in [1.29, 1.82) is 0 Å². The summed E-state index contributed by atoms with van der Waals surface area (Å²) < 4.78 is 4.63. The van der Waals surface area contributed by atoms with Crippen molar-refractivity contribution in [1.82, 2.24) is 0 Å². The summed E-state index contributed by atoms with van der Waals surface area (Å²) in [5, 5.41) is 8.26. The molecule has 3 nitrogen and oxygen atoms in total. The maximum absolute atomic E-state index is 10.2. The zero-order chi connectivity index (χ0) is 7.82. The summed E-state index contributed by atoms with van der Waals surface area (Å²) in [4.78, 5) is 10.2. The summed E-state index contributed by atoms with van der Waals surface area (Å²) in [7, 11) is 0. The van der Waals surface area contributed by atoms with Gasteiger partial charge in [0.15, 0.2) is 0 Å². The third-order valence-corrected chi connectivity index (χ3v) is 0.931. The standard InChI is InChI=1S/C6H9BrO3/c7-6(9)5-10-4-2-1-3-8/h1-2,8H,3-5H2. The summed E-state index contributed by atoms with van der Waals surface area (Å²) in [6.45, 7) is 0.430.